The van der Waals surface area contributed by atoms with Crippen molar-refractivity contribution in [3.8, 4) is 0 Å². The Morgan fingerprint density at radius 3 is 0.974 bits per heavy atom. The predicted octanol–water partition coefficient (Wildman–Crippen LogP) is 8.19. The average Bonchev–Trinajstić information content (AvgIpc) is 3.65. The normalized spacial score (nSPS) is 10.8. The molecule has 0 unspecified atom stereocenters. The molecule has 186 valence electrons. The summed E-state index contributed by atoms with van der Waals surface area (Å²) in [7, 11) is 2.51. The van der Waals surface area contributed by atoms with Gasteiger partial charge in [-0.15, -0.1) is 0 Å². The van der Waals surface area contributed by atoms with Gasteiger partial charge >= 0.3 is 12.0 Å². The Balaban J connectivity index is 1.21. The molecular formula is C28H20N6O2S2. The van der Waals surface area contributed by atoms with Crippen molar-refractivity contribution in [3.05, 3.63) is 121 Å². The SMILES string of the molecule is c1ccc(N(c2ccccc2)c2nnc(SSc3nnc(N(c4ccccc4)c4ccccc4)o3)o2)cc1. The van der Waals surface area contributed by atoms with Crippen molar-refractivity contribution in [2.45, 2.75) is 10.4 Å². The summed E-state index contributed by atoms with van der Waals surface area (Å²) in [6.45, 7) is 0. The van der Waals surface area contributed by atoms with Gasteiger partial charge in [-0.05, 0) is 48.5 Å². The van der Waals surface area contributed by atoms with Gasteiger partial charge < -0.3 is 8.83 Å². The second-order valence-corrected chi connectivity index (χ2v) is 9.91. The molecule has 10 heteroatoms. The molecule has 4 aromatic carbocycles. The fourth-order valence-corrected chi connectivity index (χ4v) is 5.11. The molecule has 0 fully saturated rings. The number of aromatic nitrogens is 4. The van der Waals surface area contributed by atoms with Crippen LogP contribution in [0.15, 0.2) is 141 Å². The van der Waals surface area contributed by atoms with E-state index in [0.29, 0.717) is 22.5 Å². The van der Waals surface area contributed by atoms with Gasteiger partial charge in [-0.3, -0.25) is 9.80 Å². The number of para-hydroxylation sites is 4. The van der Waals surface area contributed by atoms with E-state index in [1.807, 2.05) is 131 Å². The van der Waals surface area contributed by atoms with Crippen molar-refractivity contribution >= 4 is 56.4 Å². The van der Waals surface area contributed by atoms with Gasteiger partial charge in [-0.2, -0.15) is 0 Å². The maximum Gasteiger partial charge on any atom is 0.328 e. The van der Waals surface area contributed by atoms with Gasteiger partial charge in [-0.25, -0.2) is 0 Å². The molecule has 6 aromatic rings. The largest absolute Gasteiger partial charge is 0.397 e. The fraction of sp³-hybridized carbons (Fsp3) is 0. The Morgan fingerprint density at radius 1 is 0.395 bits per heavy atom. The summed E-state index contributed by atoms with van der Waals surface area (Å²) in [6, 6.07) is 40.2. The summed E-state index contributed by atoms with van der Waals surface area (Å²) in [5, 5.41) is 17.8. The first-order chi connectivity index (χ1) is 18.8. The zero-order chi connectivity index (χ0) is 25.6. The van der Waals surface area contributed by atoms with E-state index in [4.69, 9.17) is 8.83 Å². The molecule has 0 atom stereocenters. The number of rotatable bonds is 9. The van der Waals surface area contributed by atoms with E-state index < -0.39 is 0 Å². The molecule has 0 saturated heterocycles. The van der Waals surface area contributed by atoms with Crippen LogP contribution in [0.3, 0.4) is 0 Å². The van der Waals surface area contributed by atoms with E-state index in [9.17, 15) is 0 Å². The molecule has 0 saturated carbocycles. The lowest BCUT2D eigenvalue weighted by molar-refractivity contribution is 0.459. The van der Waals surface area contributed by atoms with Gasteiger partial charge in [0.2, 0.25) is 0 Å². The smallest absolute Gasteiger partial charge is 0.328 e. The second-order valence-electron chi connectivity index (χ2n) is 7.88. The van der Waals surface area contributed by atoms with Crippen molar-refractivity contribution < 1.29 is 8.83 Å². The topological polar surface area (TPSA) is 84.3 Å². The quantitative estimate of drug-likeness (QED) is 0.169. The number of benzene rings is 4. The Kier molecular flexibility index (Phi) is 7.05. The van der Waals surface area contributed by atoms with Crippen LogP contribution in [0.2, 0.25) is 0 Å². The summed E-state index contributed by atoms with van der Waals surface area (Å²) in [5.41, 5.74) is 3.65. The van der Waals surface area contributed by atoms with Crippen molar-refractivity contribution in [1.82, 2.24) is 20.4 Å². The van der Waals surface area contributed by atoms with Crippen molar-refractivity contribution in [2.75, 3.05) is 9.80 Å². The molecule has 0 N–H and O–H groups in total. The number of hydrogen-bond acceptors (Lipinski definition) is 10. The zero-order valence-electron chi connectivity index (χ0n) is 19.9. The Labute approximate surface area is 226 Å². The fourth-order valence-electron chi connectivity index (χ4n) is 3.77. The molecule has 0 aliphatic carbocycles. The minimum atomic E-state index is 0.357. The molecule has 0 aliphatic rings. The van der Waals surface area contributed by atoms with Crippen LogP contribution < -0.4 is 9.80 Å². The van der Waals surface area contributed by atoms with Crippen LogP contribution >= 0.6 is 21.6 Å². The van der Waals surface area contributed by atoms with Crippen molar-refractivity contribution in [3.63, 3.8) is 0 Å². The van der Waals surface area contributed by atoms with Crippen LogP contribution in [-0.4, -0.2) is 20.4 Å². The van der Waals surface area contributed by atoms with Gasteiger partial charge in [0.15, 0.2) is 0 Å². The standard InChI is InChI=1S/C28H20N6O2S2/c1-5-13-21(14-6-1)33(22-15-7-2-8-16-22)25-29-31-27(35-25)37-38-28-32-30-26(36-28)34(23-17-9-3-10-18-23)24-19-11-4-12-20-24/h1-20H. The van der Waals surface area contributed by atoms with E-state index >= 15 is 0 Å². The summed E-state index contributed by atoms with van der Waals surface area (Å²) < 4.78 is 12.0. The van der Waals surface area contributed by atoms with Gasteiger partial charge in [0.05, 0.1) is 22.7 Å². The van der Waals surface area contributed by atoms with Gasteiger partial charge in [0.1, 0.15) is 0 Å². The highest BCUT2D eigenvalue weighted by Gasteiger charge is 2.22. The van der Waals surface area contributed by atoms with Gasteiger partial charge in [0.25, 0.3) is 10.4 Å². The third-order valence-corrected chi connectivity index (χ3v) is 7.22. The Morgan fingerprint density at radius 2 is 0.684 bits per heavy atom. The lowest BCUT2D eigenvalue weighted by Crippen LogP contribution is -2.09. The molecule has 0 aliphatic heterocycles. The first-order valence-electron chi connectivity index (χ1n) is 11.7. The number of hydrogen-bond donors (Lipinski definition) is 0. The lowest BCUT2D eigenvalue weighted by atomic mass is 10.2. The number of anilines is 6. The number of nitrogens with zero attached hydrogens (tertiary/aromatic N) is 6. The molecule has 2 heterocycles. The summed E-state index contributed by atoms with van der Waals surface area (Å²) in [5.74, 6) is 0. The van der Waals surface area contributed by atoms with Gasteiger partial charge in [0, 0.05) is 21.6 Å². The molecule has 0 amide bonds. The average molecular weight is 537 g/mol. The van der Waals surface area contributed by atoms with Crippen LogP contribution in [0.1, 0.15) is 0 Å². The summed E-state index contributed by atoms with van der Waals surface area (Å²) >= 11 is 0. The maximum atomic E-state index is 6.01. The molecule has 38 heavy (non-hydrogen) atoms. The van der Waals surface area contributed by atoms with Crippen LogP contribution in [0.4, 0.5) is 34.8 Å². The molecule has 8 nitrogen and oxygen atoms in total. The third-order valence-electron chi connectivity index (χ3n) is 5.42. The van der Waals surface area contributed by atoms with Gasteiger partial charge in [-0.1, -0.05) is 93.2 Å². The summed E-state index contributed by atoms with van der Waals surface area (Å²) in [6.07, 6.45) is 0. The summed E-state index contributed by atoms with van der Waals surface area (Å²) in [4.78, 5) is 3.81. The Bertz CT molecular complexity index is 1380. The molecule has 0 radical (unpaired) electrons. The molecule has 0 bridgehead atoms. The third kappa shape index (κ3) is 5.26. The minimum Gasteiger partial charge on any atom is -0.397 e. The monoisotopic (exact) mass is 536 g/mol. The zero-order valence-corrected chi connectivity index (χ0v) is 21.5. The van der Waals surface area contributed by atoms with Crippen LogP contribution in [-0.2, 0) is 0 Å². The van der Waals surface area contributed by atoms with Crippen LogP contribution in [0, 0.1) is 0 Å². The molecule has 6 rings (SSSR count). The van der Waals surface area contributed by atoms with Crippen LogP contribution in [0.5, 0.6) is 0 Å². The van der Waals surface area contributed by atoms with Crippen LogP contribution in [0.25, 0.3) is 0 Å². The lowest BCUT2D eigenvalue weighted by Gasteiger charge is -2.20. The predicted molar refractivity (Wildman–Crippen MR) is 150 cm³/mol. The first-order valence-corrected chi connectivity index (χ1v) is 13.8. The van der Waals surface area contributed by atoms with E-state index in [1.165, 1.54) is 21.6 Å². The van der Waals surface area contributed by atoms with E-state index in [-0.39, 0.29) is 0 Å². The van der Waals surface area contributed by atoms with E-state index in [0.717, 1.165) is 22.7 Å². The molecule has 0 spiro atoms. The molecular weight excluding hydrogens is 516 g/mol. The highest BCUT2D eigenvalue weighted by atomic mass is 33.1. The maximum absolute atomic E-state index is 6.01. The van der Waals surface area contributed by atoms with Crippen molar-refractivity contribution in [1.29, 1.82) is 0 Å². The van der Waals surface area contributed by atoms with Crippen molar-refractivity contribution in [2.24, 2.45) is 0 Å². The molecule has 2 aromatic heterocycles. The Hall–Kier alpha value is -4.54. The minimum absolute atomic E-state index is 0.357. The highest BCUT2D eigenvalue weighted by Crippen LogP contribution is 2.41. The van der Waals surface area contributed by atoms with E-state index in [1.54, 1.807) is 0 Å². The second kappa shape index (κ2) is 11.2. The first kappa shape index (κ1) is 23.8. The highest BCUT2D eigenvalue weighted by molar-refractivity contribution is 8.76. The van der Waals surface area contributed by atoms with E-state index in [2.05, 4.69) is 20.4 Å².